The van der Waals surface area contributed by atoms with E-state index in [0.717, 1.165) is 17.7 Å². The zero-order valence-corrected chi connectivity index (χ0v) is 15.0. The minimum absolute atomic E-state index is 0.132. The topological polar surface area (TPSA) is 64.1 Å². The van der Waals surface area contributed by atoms with Crippen LogP contribution in [0.3, 0.4) is 0 Å². The summed E-state index contributed by atoms with van der Waals surface area (Å²) in [5.41, 5.74) is 0.294. The smallest absolute Gasteiger partial charge is 0.272 e. The van der Waals surface area contributed by atoms with Gasteiger partial charge in [0.1, 0.15) is 5.03 Å². The van der Waals surface area contributed by atoms with Crippen molar-refractivity contribution in [3.63, 3.8) is 0 Å². The van der Waals surface area contributed by atoms with Gasteiger partial charge in [-0.05, 0) is 43.2 Å². The SMILES string of the molecule is O=C(NC1CCOCC1)c1ccc(Sc2cc(Cl)ccc2Cl)nn1. The number of benzene rings is 1. The molecule has 0 spiro atoms. The summed E-state index contributed by atoms with van der Waals surface area (Å²) in [6.45, 7) is 1.35. The van der Waals surface area contributed by atoms with E-state index in [-0.39, 0.29) is 11.9 Å². The summed E-state index contributed by atoms with van der Waals surface area (Å²) in [4.78, 5) is 13.0. The van der Waals surface area contributed by atoms with Gasteiger partial charge in [-0.2, -0.15) is 0 Å². The third-order valence-electron chi connectivity index (χ3n) is 3.54. The summed E-state index contributed by atoms with van der Waals surface area (Å²) < 4.78 is 5.28. The molecule has 2 aromatic rings. The third kappa shape index (κ3) is 4.60. The first kappa shape index (κ1) is 17.5. The van der Waals surface area contributed by atoms with Crippen molar-refractivity contribution in [3.8, 4) is 0 Å². The number of amides is 1. The van der Waals surface area contributed by atoms with Crippen molar-refractivity contribution in [2.75, 3.05) is 13.2 Å². The van der Waals surface area contributed by atoms with Crippen LogP contribution in [0, 0.1) is 0 Å². The normalized spacial score (nSPS) is 15.2. The second kappa shape index (κ2) is 8.16. The molecule has 3 rings (SSSR count). The van der Waals surface area contributed by atoms with Crippen LogP contribution in [-0.4, -0.2) is 35.4 Å². The largest absolute Gasteiger partial charge is 0.381 e. The fraction of sp³-hybridized carbons (Fsp3) is 0.312. The number of carbonyl (C=O) groups is 1. The molecular formula is C16H15Cl2N3O2S. The van der Waals surface area contributed by atoms with Gasteiger partial charge in [-0.15, -0.1) is 10.2 Å². The van der Waals surface area contributed by atoms with E-state index in [1.54, 1.807) is 30.3 Å². The molecule has 1 saturated heterocycles. The summed E-state index contributed by atoms with van der Waals surface area (Å²) in [7, 11) is 0. The average molecular weight is 384 g/mol. The van der Waals surface area contributed by atoms with Crippen LogP contribution in [0.2, 0.25) is 10.0 Å². The fourth-order valence-corrected chi connectivity index (χ4v) is 3.53. The van der Waals surface area contributed by atoms with Gasteiger partial charge in [0, 0.05) is 29.2 Å². The molecule has 1 N–H and O–H groups in total. The lowest BCUT2D eigenvalue weighted by atomic mass is 10.1. The van der Waals surface area contributed by atoms with Crippen LogP contribution in [0.1, 0.15) is 23.3 Å². The van der Waals surface area contributed by atoms with Crippen molar-refractivity contribution in [1.82, 2.24) is 15.5 Å². The minimum Gasteiger partial charge on any atom is -0.381 e. The lowest BCUT2D eigenvalue weighted by Gasteiger charge is -2.22. The van der Waals surface area contributed by atoms with E-state index < -0.39 is 0 Å². The van der Waals surface area contributed by atoms with Gasteiger partial charge >= 0.3 is 0 Å². The monoisotopic (exact) mass is 383 g/mol. The van der Waals surface area contributed by atoms with Crippen LogP contribution < -0.4 is 5.32 Å². The number of aromatic nitrogens is 2. The summed E-state index contributed by atoms with van der Waals surface area (Å²) in [5, 5.41) is 12.9. The van der Waals surface area contributed by atoms with E-state index in [4.69, 9.17) is 27.9 Å². The molecule has 5 nitrogen and oxygen atoms in total. The van der Waals surface area contributed by atoms with Gasteiger partial charge < -0.3 is 10.1 Å². The average Bonchev–Trinajstić information content (AvgIpc) is 2.60. The molecule has 24 heavy (non-hydrogen) atoms. The van der Waals surface area contributed by atoms with Crippen molar-refractivity contribution in [3.05, 3.63) is 46.1 Å². The first-order chi connectivity index (χ1) is 11.6. The number of carbonyl (C=O) groups excluding carboxylic acids is 1. The number of halogens is 2. The first-order valence-electron chi connectivity index (χ1n) is 7.47. The first-order valence-corrected chi connectivity index (χ1v) is 9.04. The Morgan fingerprint density at radius 2 is 1.96 bits per heavy atom. The number of hydrogen-bond donors (Lipinski definition) is 1. The Kier molecular flexibility index (Phi) is 5.94. The quantitative estimate of drug-likeness (QED) is 0.868. The lowest BCUT2D eigenvalue weighted by Crippen LogP contribution is -2.39. The standard InChI is InChI=1S/C16H15Cl2N3O2S/c17-10-1-2-12(18)14(9-10)24-15-4-3-13(20-21-15)16(22)19-11-5-7-23-8-6-11/h1-4,9,11H,5-8H2,(H,19,22). The van der Waals surface area contributed by atoms with Gasteiger partial charge in [0.25, 0.3) is 5.91 Å². The lowest BCUT2D eigenvalue weighted by molar-refractivity contribution is 0.0693. The zero-order valence-electron chi connectivity index (χ0n) is 12.7. The molecule has 1 aromatic heterocycles. The molecule has 0 unspecified atom stereocenters. The molecular weight excluding hydrogens is 369 g/mol. The molecule has 1 aliphatic rings. The van der Waals surface area contributed by atoms with Crippen LogP contribution in [0.15, 0.2) is 40.3 Å². The highest BCUT2D eigenvalue weighted by Gasteiger charge is 2.18. The Balaban J connectivity index is 1.64. The maximum atomic E-state index is 12.2. The zero-order chi connectivity index (χ0) is 16.9. The molecule has 1 amide bonds. The maximum absolute atomic E-state index is 12.2. The molecule has 1 aromatic carbocycles. The number of rotatable bonds is 4. The van der Waals surface area contributed by atoms with Gasteiger partial charge in [-0.3, -0.25) is 4.79 Å². The molecule has 0 saturated carbocycles. The van der Waals surface area contributed by atoms with Crippen molar-refractivity contribution >= 4 is 40.9 Å². The predicted molar refractivity (Wildman–Crippen MR) is 93.9 cm³/mol. The number of nitrogens with one attached hydrogen (secondary N) is 1. The molecule has 126 valence electrons. The van der Waals surface area contributed by atoms with E-state index in [1.165, 1.54) is 11.8 Å². The maximum Gasteiger partial charge on any atom is 0.272 e. The molecule has 0 radical (unpaired) electrons. The Morgan fingerprint density at radius 1 is 1.17 bits per heavy atom. The van der Waals surface area contributed by atoms with Crippen LogP contribution in [0.25, 0.3) is 0 Å². The molecule has 1 aliphatic heterocycles. The van der Waals surface area contributed by atoms with Gasteiger partial charge in [-0.25, -0.2) is 0 Å². The molecule has 0 atom stereocenters. The third-order valence-corrected chi connectivity index (χ3v) is 5.20. The van der Waals surface area contributed by atoms with Crippen molar-refractivity contribution in [2.45, 2.75) is 28.8 Å². The van der Waals surface area contributed by atoms with Crippen molar-refractivity contribution in [1.29, 1.82) is 0 Å². The van der Waals surface area contributed by atoms with Crippen molar-refractivity contribution in [2.24, 2.45) is 0 Å². The van der Waals surface area contributed by atoms with Crippen molar-refractivity contribution < 1.29 is 9.53 Å². The number of nitrogens with zero attached hydrogens (tertiary/aromatic N) is 2. The molecule has 2 heterocycles. The van der Waals surface area contributed by atoms with Gasteiger partial charge in [0.15, 0.2) is 5.69 Å². The fourth-order valence-electron chi connectivity index (χ4n) is 2.26. The minimum atomic E-state index is -0.216. The molecule has 0 bridgehead atoms. The van der Waals surface area contributed by atoms with Crippen LogP contribution in [0.5, 0.6) is 0 Å². The van der Waals surface area contributed by atoms with Crippen LogP contribution in [-0.2, 0) is 4.74 Å². The van der Waals surface area contributed by atoms with Gasteiger partial charge in [0.2, 0.25) is 0 Å². The Labute approximate surface area is 154 Å². The highest BCUT2D eigenvalue weighted by molar-refractivity contribution is 7.99. The molecule has 0 aliphatic carbocycles. The summed E-state index contributed by atoms with van der Waals surface area (Å²) in [6.07, 6.45) is 1.64. The second-order valence-electron chi connectivity index (χ2n) is 5.29. The number of ether oxygens (including phenoxy) is 1. The van der Waals surface area contributed by atoms with Crippen LogP contribution in [0.4, 0.5) is 0 Å². The predicted octanol–water partition coefficient (Wildman–Crippen LogP) is 3.84. The van der Waals surface area contributed by atoms with E-state index in [9.17, 15) is 4.79 Å². The molecule has 1 fully saturated rings. The highest BCUT2D eigenvalue weighted by atomic mass is 35.5. The Hall–Kier alpha value is -1.34. The van der Waals surface area contributed by atoms with E-state index in [0.29, 0.717) is 34.0 Å². The van der Waals surface area contributed by atoms with E-state index in [2.05, 4.69) is 15.5 Å². The van der Waals surface area contributed by atoms with Crippen LogP contribution >= 0.6 is 35.0 Å². The highest BCUT2D eigenvalue weighted by Crippen LogP contribution is 2.33. The van der Waals surface area contributed by atoms with Gasteiger partial charge in [0.05, 0.1) is 5.02 Å². The number of hydrogen-bond acceptors (Lipinski definition) is 5. The van der Waals surface area contributed by atoms with Gasteiger partial charge in [-0.1, -0.05) is 35.0 Å². The summed E-state index contributed by atoms with van der Waals surface area (Å²) in [6, 6.07) is 8.75. The summed E-state index contributed by atoms with van der Waals surface area (Å²) >= 11 is 13.5. The van der Waals surface area contributed by atoms with E-state index >= 15 is 0 Å². The summed E-state index contributed by atoms with van der Waals surface area (Å²) in [5.74, 6) is -0.216. The Bertz CT molecular complexity index is 722. The Morgan fingerprint density at radius 3 is 2.67 bits per heavy atom. The van der Waals surface area contributed by atoms with E-state index in [1.807, 2.05) is 0 Å². The molecule has 8 heteroatoms. The second-order valence-corrected chi connectivity index (χ2v) is 7.20.